The molecule has 1 aliphatic heterocycles. The molecule has 1 aromatic heterocycles. The first-order valence-corrected chi connectivity index (χ1v) is 13.1. The van der Waals surface area contributed by atoms with E-state index in [0.717, 1.165) is 43.7 Å². The van der Waals surface area contributed by atoms with E-state index in [0.29, 0.717) is 30.7 Å². The summed E-state index contributed by atoms with van der Waals surface area (Å²) in [6.07, 6.45) is 3.69. The van der Waals surface area contributed by atoms with Crippen molar-refractivity contribution in [2.24, 2.45) is 0 Å². The van der Waals surface area contributed by atoms with Gasteiger partial charge in [0.2, 0.25) is 0 Å². The summed E-state index contributed by atoms with van der Waals surface area (Å²) in [7, 11) is 0. The first kappa shape index (κ1) is 25.3. The van der Waals surface area contributed by atoms with E-state index in [1.807, 2.05) is 18.3 Å². The van der Waals surface area contributed by atoms with Crippen molar-refractivity contribution < 1.29 is 13.9 Å². The molecule has 2 N–H and O–H groups in total. The maximum Gasteiger partial charge on any atom is 0.128 e. The van der Waals surface area contributed by atoms with E-state index in [2.05, 4.69) is 64.1 Å². The van der Waals surface area contributed by atoms with Crippen LogP contribution in [-0.2, 0) is 17.9 Å². The molecule has 1 fully saturated rings. The van der Waals surface area contributed by atoms with Crippen molar-refractivity contribution in [2.45, 2.75) is 38.0 Å². The van der Waals surface area contributed by atoms with Gasteiger partial charge in [0, 0.05) is 48.6 Å². The van der Waals surface area contributed by atoms with Gasteiger partial charge in [0.1, 0.15) is 11.6 Å². The number of nitrogens with zero attached hydrogens (tertiary/aromatic N) is 1. The third kappa shape index (κ3) is 6.92. The standard InChI is InChI=1S/C31H34FN3O2/c32-29-7-2-1-5-26(29)22-36-17-4-18-37-27-12-10-24(11-13-27)28-14-16-33-21-31(28)35-20-23-8-9-25-6-3-15-34-30(25)19-23/h1-3,5-13,15,19,28,31,33,35H,4,14,16-18,20-22H2. The van der Waals surface area contributed by atoms with Gasteiger partial charge in [-0.15, -0.1) is 0 Å². The topological polar surface area (TPSA) is 55.4 Å². The zero-order valence-corrected chi connectivity index (χ0v) is 21.0. The summed E-state index contributed by atoms with van der Waals surface area (Å²) in [6.45, 7) is 4.16. The lowest BCUT2D eigenvalue weighted by molar-refractivity contribution is 0.105. The molecule has 0 radical (unpaired) electrons. The Morgan fingerprint density at radius 3 is 2.76 bits per heavy atom. The fourth-order valence-electron chi connectivity index (χ4n) is 4.90. The van der Waals surface area contributed by atoms with Crippen molar-refractivity contribution in [3.8, 4) is 5.75 Å². The predicted molar refractivity (Wildman–Crippen MR) is 145 cm³/mol. The summed E-state index contributed by atoms with van der Waals surface area (Å²) < 4.78 is 25.1. The number of halogens is 1. The van der Waals surface area contributed by atoms with Gasteiger partial charge in [0.15, 0.2) is 0 Å². The molecule has 192 valence electrons. The second-order valence-electron chi connectivity index (χ2n) is 9.53. The molecule has 1 aliphatic rings. The highest BCUT2D eigenvalue weighted by Crippen LogP contribution is 2.28. The van der Waals surface area contributed by atoms with Crippen molar-refractivity contribution in [3.05, 3.63) is 108 Å². The largest absolute Gasteiger partial charge is 0.494 e. The van der Waals surface area contributed by atoms with Gasteiger partial charge < -0.3 is 20.1 Å². The fourth-order valence-corrected chi connectivity index (χ4v) is 4.90. The molecule has 1 saturated heterocycles. The molecule has 0 spiro atoms. The molecule has 0 bridgehead atoms. The summed E-state index contributed by atoms with van der Waals surface area (Å²) in [6, 6.07) is 26.1. The minimum atomic E-state index is -0.226. The lowest BCUT2D eigenvalue weighted by Crippen LogP contribution is -2.47. The lowest BCUT2D eigenvalue weighted by Gasteiger charge is -2.33. The quantitative estimate of drug-likeness (QED) is 0.263. The van der Waals surface area contributed by atoms with Crippen LogP contribution < -0.4 is 15.4 Å². The van der Waals surface area contributed by atoms with Crippen LogP contribution in [0.1, 0.15) is 35.4 Å². The molecule has 2 heterocycles. The average molecular weight is 500 g/mol. The Labute approximate surface area is 218 Å². The maximum atomic E-state index is 13.6. The molecule has 5 nitrogen and oxygen atoms in total. The smallest absolute Gasteiger partial charge is 0.128 e. The Morgan fingerprint density at radius 2 is 1.86 bits per heavy atom. The van der Waals surface area contributed by atoms with E-state index in [4.69, 9.17) is 9.47 Å². The minimum absolute atomic E-state index is 0.226. The summed E-state index contributed by atoms with van der Waals surface area (Å²) in [4.78, 5) is 4.49. The van der Waals surface area contributed by atoms with Crippen LogP contribution in [-0.4, -0.2) is 37.3 Å². The maximum absolute atomic E-state index is 13.6. The molecule has 2 unspecified atom stereocenters. The van der Waals surface area contributed by atoms with Gasteiger partial charge in [0.25, 0.3) is 0 Å². The third-order valence-corrected chi connectivity index (χ3v) is 6.95. The van der Waals surface area contributed by atoms with E-state index >= 15 is 0 Å². The fraction of sp³-hybridized carbons (Fsp3) is 0.323. The van der Waals surface area contributed by atoms with Crippen LogP contribution in [0, 0.1) is 5.82 Å². The highest BCUT2D eigenvalue weighted by atomic mass is 19.1. The number of ether oxygens (including phenoxy) is 2. The zero-order valence-electron chi connectivity index (χ0n) is 21.0. The summed E-state index contributed by atoms with van der Waals surface area (Å²) in [5.74, 6) is 1.08. The number of hydrogen-bond acceptors (Lipinski definition) is 5. The Hall–Kier alpha value is -3.32. The molecule has 2 atom stereocenters. The van der Waals surface area contributed by atoms with E-state index in [-0.39, 0.29) is 12.4 Å². The highest BCUT2D eigenvalue weighted by Gasteiger charge is 2.26. The van der Waals surface area contributed by atoms with Gasteiger partial charge in [0.05, 0.1) is 25.3 Å². The highest BCUT2D eigenvalue weighted by molar-refractivity contribution is 5.78. The van der Waals surface area contributed by atoms with Gasteiger partial charge in [-0.2, -0.15) is 0 Å². The van der Waals surface area contributed by atoms with Crippen molar-refractivity contribution in [1.82, 2.24) is 15.6 Å². The summed E-state index contributed by atoms with van der Waals surface area (Å²) in [5, 5.41) is 8.48. The van der Waals surface area contributed by atoms with Gasteiger partial charge in [-0.1, -0.05) is 48.5 Å². The van der Waals surface area contributed by atoms with Crippen LogP contribution in [0.15, 0.2) is 85.1 Å². The zero-order chi connectivity index (χ0) is 25.3. The number of piperidine rings is 1. The van der Waals surface area contributed by atoms with Crippen molar-refractivity contribution in [3.63, 3.8) is 0 Å². The number of pyridine rings is 1. The molecule has 0 aliphatic carbocycles. The summed E-state index contributed by atoms with van der Waals surface area (Å²) >= 11 is 0. The predicted octanol–water partition coefficient (Wildman–Crippen LogP) is 5.59. The van der Waals surface area contributed by atoms with Crippen LogP contribution in [0.5, 0.6) is 5.75 Å². The molecular weight excluding hydrogens is 465 g/mol. The molecular formula is C31H34FN3O2. The van der Waals surface area contributed by atoms with Gasteiger partial charge in [-0.25, -0.2) is 4.39 Å². The number of benzene rings is 3. The average Bonchev–Trinajstić information content (AvgIpc) is 2.95. The molecule has 0 amide bonds. The molecule has 0 saturated carbocycles. The Bertz CT molecular complexity index is 1280. The number of nitrogens with one attached hydrogen (secondary N) is 2. The minimum Gasteiger partial charge on any atom is -0.494 e. The molecule has 5 rings (SSSR count). The van der Waals surface area contributed by atoms with Gasteiger partial charge >= 0.3 is 0 Å². The number of rotatable bonds is 11. The van der Waals surface area contributed by atoms with Crippen LogP contribution in [0.25, 0.3) is 10.9 Å². The first-order valence-electron chi connectivity index (χ1n) is 13.1. The molecule has 3 aromatic carbocycles. The second kappa shape index (κ2) is 12.8. The SMILES string of the molecule is Fc1ccccc1COCCCOc1ccc(C2CCNCC2NCc2ccc3cccnc3c2)cc1. The Morgan fingerprint density at radius 1 is 0.973 bits per heavy atom. The number of fused-ring (bicyclic) bond motifs is 1. The van der Waals surface area contributed by atoms with Crippen LogP contribution >= 0.6 is 0 Å². The van der Waals surface area contributed by atoms with Crippen molar-refractivity contribution >= 4 is 10.9 Å². The number of aromatic nitrogens is 1. The van der Waals surface area contributed by atoms with E-state index < -0.39 is 0 Å². The van der Waals surface area contributed by atoms with Gasteiger partial charge in [-0.05, 0) is 54.4 Å². The molecule has 6 heteroatoms. The monoisotopic (exact) mass is 499 g/mol. The first-order chi connectivity index (χ1) is 18.3. The van der Waals surface area contributed by atoms with Crippen LogP contribution in [0.2, 0.25) is 0 Å². The van der Waals surface area contributed by atoms with Crippen molar-refractivity contribution in [1.29, 1.82) is 0 Å². The van der Waals surface area contributed by atoms with E-state index in [9.17, 15) is 4.39 Å². The molecule has 37 heavy (non-hydrogen) atoms. The Balaban J connectivity index is 1.08. The van der Waals surface area contributed by atoms with E-state index in [1.54, 1.807) is 12.1 Å². The second-order valence-corrected chi connectivity index (χ2v) is 9.53. The molecule has 4 aromatic rings. The lowest BCUT2D eigenvalue weighted by atomic mass is 9.86. The van der Waals surface area contributed by atoms with E-state index in [1.165, 1.54) is 22.6 Å². The van der Waals surface area contributed by atoms with Gasteiger partial charge in [-0.3, -0.25) is 4.98 Å². The Kier molecular flexibility index (Phi) is 8.74. The normalized spacial score (nSPS) is 17.6. The third-order valence-electron chi connectivity index (χ3n) is 6.95. The van der Waals surface area contributed by atoms with Crippen molar-refractivity contribution in [2.75, 3.05) is 26.3 Å². The number of hydrogen-bond donors (Lipinski definition) is 2. The summed E-state index contributed by atoms with van der Waals surface area (Å²) in [5.41, 5.74) is 4.20. The van der Waals surface area contributed by atoms with Crippen LogP contribution in [0.4, 0.5) is 4.39 Å². The van der Waals surface area contributed by atoms with Crippen LogP contribution in [0.3, 0.4) is 0 Å².